The fourth-order valence-electron chi connectivity index (χ4n) is 10.2. The second kappa shape index (κ2) is 51.8. The number of carbonyl (C=O) groups excluding carboxylic acids is 3. The zero-order valence-electron chi connectivity index (χ0n) is 70.6. The molecule has 3 aromatic carbocycles. The molecule has 7 heterocycles. The summed E-state index contributed by atoms with van der Waals surface area (Å²) in [5.41, 5.74) is 6.25. The molecule has 13 atom stereocenters. The number of aromatic nitrogens is 4. The number of nitrogens with zero attached hydrogens (tertiary/aromatic N) is 5. The van der Waals surface area contributed by atoms with Crippen molar-refractivity contribution in [3.8, 4) is 0 Å². The van der Waals surface area contributed by atoms with Crippen LogP contribution in [0.1, 0.15) is 154 Å². The minimum atomic E-state index is -3.78. The molecular weight excluding hydrogens is 1700 g/mol. The zero-order chi connectivity index (χ0) is 88.1. The van der Waals surface area contributed by atoms with Crippen molar-refractivity contribution in [1.29, 1.82) is 0 Å². The molecule has 5 aliphatic rings. The summed E-state index contributed by atoms with van der Waals surface area (Å²) in [5, 5.41) is 76.9. The Labute approximate surface area is 756 Å². The Morgan fingerprint density at radius 1 is 0.630 bits per heavy atom. The number of ether oxygens (including phenoxy) is 9. The number of carboxylic acid groups (broad SMARTS) is 1. The molecule has 0 saturated carbocycles. The van der Waals surface area contributed by atoms with E-state index in [9.17, 15) is 55.7 Å². The van der Waals surface area contributed by atoms with E-state index in [1.54, 1.807) is 48.5 Å². The van der Waals surface area contributed by atoms with Crippen LogP contribution in [0, 0.1) is 23.3 Å². The molecule has 5 saturated heterocycles. The van der Waals surface area contributed by atoms with Crippen LogP contribution < -0.4 is 88.2 Å². The van der Waals surface area contributed by atoms with Crippen molar-refractivity contribution in [3.05, 3.63) is 124 Å². The number of nitrogens with two attached hydrogens (primary N) is 1. The van der Waals surface area contributed by atoms with Gasteiger partial charge in [0.2, 0.25) is 0 Å². The standard InChI is InChI=1S/C18H23F2N5O4S2.C15H16ClF2N3O2S.C15H23NO2.C12H23NO4.C7H12O3.C6H10O4.C4H11NO2.ClH.K/c1-11(14(27)9-26)21-15-8-16(24-31(28,29)25-6-3-7-25)23-18(22-15)30-10-12-4-2-5-13(19)17(12)20;1-8(11(23)6-22)19-13-5-12(16)20-15(21-13)24-7-9-3-2-4-10(17)14(9)18;1-11(13-8-6-5-7-9-13)16-12(2)14-10-17-15(3,4)18-14;1-8(9-7-15-12(5,6)16-9)13-10(14)17-11(2,3)4;1-5(8)6-4-9-7(2,3)10-6;1-6(2)9-3-4(10-6)5(7)8;1-3(5)4(7)2-6;;/h2,4-5,8,11,14,26-27H,3,6-7,9-10H2,1H3,(H2,21,22,23,24);2-5,8,11,22-23H,6-7H2,1H3,(H,19,20,21);5-9,11-12,14,16H,10H2,1-4H3;8-9H,7H2,1-6H3,(H,13,14);6H,4H2,1-3H3;4H,3H2,1-2H3,(H,7,8);3-4,6-7H,2,5H2,1H3;1H;/q;;;;;;;;+1/p-1/t11-,14+;8-,11+;11-,12-,14+;8-,9+;;;3-,4+;;/m1111..1../s1. The van der Waals surface area contributed by atoms with Crippen LogP contribution in [-0.4, -0.2) is 242 Å². The first-order chi connectivity index (χ1) is 54.4. The Bertz CT molecular complexity index is 3980. The number of halogens is 6. The summed E-state index contributed by atoms with van der Waals surface area (Å²) in [6.07, 6.45) is -3.74. The molecule has 5 aromatic rings. The summed E-state index contributed by atoms with van der Waals surface area (Å²) in [6.45, 7) is 34.0. The predicted octanol–water partition coefficient (Wildman–Crippen LogP) is 5.07. The second-order valence-corrected chi connectivity index (χ2v) is 34.4. The molecule has 0 radical (unpaired) electrons. The van der Waals surface area contributed by atoms with Gasteiger partial charge in [-0.15, -0.1) is 12.4 Å². The fraction of sp³-hybridized carbons (Fsp3) is 0.623. The number of hydrogen-bond acceptors (Lipinski definition) is 31. The number of Topliss-reactive ketones (excluding diaryl/α,β-unsaturated/α-hetero) is 1. The first kappa shape index (κ1) is 111. The van der Waals surface area contributed by atoms with Crippen LogP contribution in [0.4, 0.5) is 39.8 Å². The number of nitrogens with one attached hydrogen (secondary N) is 5. The van der Waals surface area contributed by atoms with Gasteiger partial charge in [-0.05, 0) is 149 Å². The molecule has 119 heavy (non-hydrogen) atoms. The van der Waals surface area contributed by atoms with E-state index in [1.165, 1.54) is 53.2 Å². The van der Waals surface area contributed by atoms with Gasteiger partial charge < -0.3 is 110 Å². The largest absolute Gasteiger partial charge is 1.00 e. The third-order valence-electron chi connectivity index (χ3n) is 17.1. The van der Waals surface area contributed by atoms with Gasteiger partial charge in [0.1, 0.15) is 46.5 Å². The van der Waals surface area contributed by atoms with E-state index in [-0.39, 0.29) is 169 Å². The number of aliphatic hydroxyl groups excluding tert-OH is 6. The Kier molecular flexibility index (Phi) is 48.2. The Balaban J connectivity index is 0.000000492. The number of anilines is 3. The third kappa shape index (κ3) is 41.0. The van der Waals surface area contributed by atoms with Gasteiger partial charge in [-0.25, -0.2) is 42.3 Å². The van der Waals surface area contributed by atoms with E-state index in [0.29, 0.717) is 44.8 Å². The Hall–Kier alpha value is -4.46. The van der Waals surface area contributed by atoms with Crippen LogP contribution in [0.2, 0.25) is 5.15 Å². The molecule has 0 spiro atoms. The van der Waals surface area contributed by atoms with Crippen molar-refractivity contribution in [2.45, 2.75) is 261 Å². The minimum absolute atomic E-state index is 0. The van der Waals surface area contributed by atoms with Crippen LogP contribution in [0.25, 0.3) is 0 Å². The van der Waals surface area contributed by atoms with E-state index in [1.807, 2.05) is 61.5 Å². The summed E-state index contributed by atoms with van der Waals surface area (Å²) in [7, 11) is -3.78. The molecule has 32 nitrogen and oxygen atoms in total. The van der Waals surface area contributed by atoms with Gasteiger partial charge in [0, 0.05) is 66.0 Å². The monoisotopic (exact) mass is 1810 g/mol. The number of thioether (sulfide) groups is 2. The fourth-order valence-corrected chi connectivity index (χ4v) is 13.3. The van der Waals surface area contributed by atoms with E-state index in [0.717, 1.165) is 42.1 Å². The normalized spacial score (nSPS) is 20.8. The summed E-state index contributed by atoms with van der Waals surface area (Å²) in [5.74, 6) is -6.61. The van der Waals surface area contributed by atoms with Crippen molar-refractivity contribution in [3.63, 3.8) is 0 Å². The number of carboxylic acids is 1. The van der Waals surface area contributed by atoms with E-state index < -0.39 is 124 Å². The number of rotatable bonds is 27. The SMILES string of the molecule is CC(=O)C1COC(C)(C)O1.CC1(C)OCC(C(=O)[O-])O1.C[C@@H](N)[C@@H](O)CO.C[C@@H](NC(=O)OC(C)(C)C)[C@@H]1COC(C)(C)O1.C[C@@H](N[C@H](C)[C@@H]1COC(C)(C)O1)c1ccccc1.C[C@@H](Nc1cc(Cl)nc(SCc2cccc(F)c2F)n1)[C@@H](O)CO.C[C@@H](Nc1cc(NS(=O)(=O)N2CCC2)nc(SCc2cccc(F)c2F)n1)[C@@H](O)CO.Cl.[K+]. The topological polar surface area (TPSA) is 454 Å². The molecule has 10 rings (SSSR count). The third-order valence-corrected chi connectivity index (χ3v) is 20.6. The summed E-state index contributed by atoms with van der Waals surface area (Å²) in [6, 6.07) is 20.1. The van der Waals surface area contributed by atoms with Gasteiger partial charge in [0.15, 0.2) is 62.5 Å². The number of amides is 1. The molecule has 13 N–H and O–H groups in total. The van der Waals surface area contributed by atoms with Gasteiger partial charge in [0.25, 0.3) is 0 Å². The minimum Gasteiger partial charge on any atom is -0.547 e. The van der Waals surface area contributed by atoms with Crippen LogP contribution in [0.15, 0.2) is 89.2 Å². The van der Waals surface area contributed by atoms with Crippen molar-refractivity contribution in [2.24, 2.45) is 5.73 Å². The van der Waals surface area contributed by atoms with Crippen LogP contribution >= 0.6 is 47.5 Å². The predicted molar refractivity (Wildman–Crippen MR) is 438 cm³/mol. The number of aliphatic hydroxyl groups is 6. The van der Waals surface area contributed by atoms with E-state index in [2.05, 4.69) is 84.0 Å². The van der Waals surface area contributed by atoms with E-state index >= 15 is 0 Å². The average Bonchev–Trinajstić information content (AvgIpc) is 1.77. The maximum Gasteiger partial charge on any atom is 1.00 e. The first-order valence-electron chi connectivity index (χ1n) is 37.6. The summed E-state index contributed by atoms with van der Waals surface area (Å²) < 4.78 is 131. The van der Waals surface area contributed by atoms with Gasteiger partial charge in [-0.2, -0.15) is 12.7 Å². The van der Waals surface area contributed by atoms with Crippen LogP contribution in [0.5, 0.6) is 0 Å². The van der Waals surface area contributed by atoms with Crippen molar-refractivity contribution in [2.75, 3.05) is 74.7 Å². The molecule has 2 aromatic heterocycles. The number of ketones is 1. The van der Waals surface area contributed by atoms with Gasteiger partial charge >= 0.3 is 67.7 Å². The molecule has 1 amide bonds. The maximum atomic E-state index is 13.9. The van der Waals surface area contributed by atoms with Gasteiger partial charge in [-0.1, -0.05) is 89.7 Å². The molecular formula is C77H118Cl2F4KN11O21S3. The number of carbonyl (C=O) groups is 3. The van der Waals surface area contributed by atoms with Gasteiger partial charge in [-0.3, -0.25) is 9.52 Å². The molecule has 5 fully saturated rings. The summed E-state index contributed by atoms with van der Waals surface area (Å²) >= 11 is 8.03. The molecule has 0 aliphatic carbocycles. The summed E-state index contributed by atoms with van der Waals surface area (Å²) in [4.78, 5) is 49.1. The number of aliphatic carboxylic acids is 1. The molecule has 42 heteroatoms. The smallest absolute Gasteiger partial charge is 0.547 e. The van der Waals surface area contributed by atoms with Crippen molar-refractivity contribution >= 4 is 93.0 Å². The van der Waals surface area contributed by atoms with Crippen molar-refractivity contribution in [1.82, 2.24) is 34.9 Å². The van der Waals surface area contributed by atoms with Crippen molar-refractivity contribution < 1.29 is 170 Å². The number of hydrogen-bond donors (Lipinski definition) is 12. The quantitative estimate of drug-likeness (QED) is 0.0107. The van der Waals surface area contributed by atoms with Crippen LogP contribution in [0.3, 0.4) is 0 Å². The Morgan fingerprint density at radius 3 is 1.41 bits per heavy atom. The van der Waals surface area contributed by atoms with Crippen LogP contribution in [-0.2, 0) is 73.9 Å². The second-order valence-electron chi connectivity index (χ2n) is 30.4. The molecule has 5 aliphatic heterocycles. The van der Waals surface area contributed by atoms with Gasteiger partial charge in [0.05, 0.1) is 94.8 Å². The Morgan fingerprint density at radius 2 is 1.05 bits per heavy atom. The maximum absolute atomic E-state index is 13.9. The number of benzene rings is 3. The molecule has 2 unspecified atom stereocenters. The first-order valence-corrected chi connectivity index (χ1v) is 41.4. The van der Waals surface area contributed by atoms with E-state index in [4.69, 9.17) is 80.4 Å². The zero-order valence-corrected chi connectivity index (χ0v) is 77.8. The molecule has 668 valence electrons. The number of alkyl carbamates (subject to hydrolysis) is 1. The molecule has 0 bridgehead atoms. The average molecular weight is 1820 g/mol.